The maximum Gasteiger partial charge on any atom is 0.275 e. The predicted molar refractivity (Wildman–Crippen MR) is 122 cm³/mol. The fourth-order valence-electron chi connectivity index (χ4n) is 3.86. The molecule has 1 aromatic carbocycles. The van der Waals surface area contributed by atoms with Gasteiger partial charge < -0.3 is 21.4 Å². The van der Waals surface area contributed by atoms with Crippen LogP contribution in [0.2, 0.25) is 0 Å². The Labute approximate surface area is 184 Å². The summed E-state index contributed by atoms with van der Waals surface area (Å²) in [5.41, 5.74) is 12.7. The zero-order chi connectivity index (χ0) is 23.0. The Morgan fingerprint density at radius 3 is 2.72 bits per heavy atom. The zero-order valence-electron chi connectivity index (χ0n) is 17.7. The van der Waals surface area contributed by atoms with Gasteiger partial charge in [-0.2, -0.15) is 5.10 Å². The maximum atomic E-state index is 12.8. The molecule has 6 N–H and O–H groups in total. The quantitative estimate of drug-likeness (QED) is 0.411. The summed E-state index contributed by atoms with van der Waals surface area (Å²) in [6.07, 6.45) is 2.76. The van der Waals surface area contributed by atoms with Crippen LogP contribution in [0, 0.1) is 12.8 Å². The first-order valence-corrected chi connectivity index (χ1v) is 12.0. The lowest BCUT2D eigenvalue weighted by atomic mass is 9.87. The highest BCUT2D eigenvalue weighted by molar-refractivity contribution is 7.91. The topological polar surface area (TPSA) is 166 Å². The van der Waals surface area contributed by atoms with E-state index in [2.05, 4.69) is 15.5 Å². The fraction of sp³-hybridized carbons (Fsp3) is 0.381. The van der Waals surface area contributed by atoms with E-state index in [1.807, 2.05) is 18.2 Å². The van der Waals surface area contributed by atoms with Crippen LogP contribution < -0.4 is 22.3 Å². The molecule has 0 saturated heterocycles. The Kier molecular flexibility index (Phi) is 5.68. The first-order chi connectivity index (χ1) is 15.2. The van der Waals surface area contributed by atoms with Crippen molar-refractivity contribution in [3.05, 3.63) is 45.9 Å². The van der Waals surface area contributed by atoms with Crippen LogP contribution in [0.5, 0.6) is 0 Å². The molecule has 2 heterocycles. The minimum Gasteiger partial charge on any atom is -0.393 e. The van der Waals surface area contributed by atoms with Crippen LogP contribution in [0.15, 0.2) is 34.0 Å². The van der Waals surface area contributed by atoms with Gasteiger partial charge in [0.2, 0.25) is 5.91 Å². The Morgan fingerprint density at radius 1 is 1.28 bits per heavy atom. The van der Waals surface area contributed by atoms with Gasteiger partial charge in [-0.25, -0.2) is 8.42 Å². The van der Waals surface area contributed by atoms with Crippen molar-refractivity contribution < 1.29 is 13.2 Å². The van der Waals surface area contributed by atoms with Crippen molar-refractivity contribution in [2.24, 2.45) is 5.92 Å². The average molecular weight is 459 g/mol. The van der Waals surface area contributed by atoms with E-state index in [1.165, 1.54) is 10.6 Å². The van der Waals surface area contributed by atoms with Gasteiger partial charge in [0.15, 0.2) is 15.7 Å². The Morgan fingerprint density at radius 2 is 2.03 bits per heavy atom. The van der Waals surface area contributed by atoms with Crippen LogP contribution >= 0.6 is 0 Å². The van der Waals surface area contributed by atoms with Crippen molar-refractivity contribution in [1.82, 2.24) is 20.1 Å². The zero-order valence-corrected chi connectivity index (χ0v) is 18.5. The number of sulfone groups is 1. The van der Waals surface area contributed by atoms with Crippen molar-refractivity contribution in [2.45, 2.75) is 44.2 Å². The minimum absolute atomic E-state index is 0.00784. The number of rotatable bonds is 7. The van der Waals surface area contributed by atoms with Crippen molar-refractivity contribution >= 4 is 38.2 Å². The number of benzene rings is 1. The summed E-state index contributed by atoms with van der Waals surface area (Å²) in [7, 11) is -3.66. The predicted octanol–water partition coefficient (Wildman–Crippen LogP) is 1.09. The number of carbonyl (C=O) groups is 1. The molecule has 11 heteroatoms. The van der Waals surface area contributed by atoms with Gasteiger partial charge in [0.1, 0.15) is 12.2 Å². The molecular weight excluding hydrogens is 432 g/mol. The van der Waals surface area contributed by atoms with Crippen LogP contribution in [0.25, 0.3) is 10.9 Å². The molecule has 4 rings (SSSR count). The van der Waals surface area contributed by atoms with Gasteiger partial charge in [-0.1, -0.05) is 12.5 Å². The van der Waals surface area contributed by atoms with E-state index in [1.54, 1.807) is 6.92 Å². The largest absolute Gasteiger partial charge is 0.393 e. The molecule has 1 fully saturated rings. The van der Waals surface area contributed by atoms with Gasteiger partial charge in [-0.15, -0.1) is 0 Å². The molecule has 3 aromatic rings. The number of pyridine rings is 1. The van der Waals surface area contributed by atoms with Crippen LogP contribution in [-0.2, 0) is 27.7 Å². The van der Waals surface area contributed by atoms with Gasteiger partial charge in [0, 0.05) is 17.6 Å². The van der Waals surface area contributed by atoms with Gasteiger partial charge >= 0.3 is 0 Å². The first-order valence-electron chi connectivity index (χ1n) is 10.4. The number of hydrogen-bond acceptors (Lipinski definition) is 7. The SMILES string of the molecule is Cc1cc(S(=O)(=O)CC2CCC2)c(N)c(=O)n1CC(=O)NCc1ccc2[nH]nc(N)c2c1. The Bertz CT molecular complexity index is 1350. The van der Waals surface area contributed by atoms with Gasteiger partial charge in [-0.3, -0.25) is 14.7 Å². The molecule has 0 aliphatic heterocycles. The van der Waals surface area contributed by atoms with Crippen molar-refractivity contribution in [3.63, 3.8) is 0 Å². The van der Waals surface area contributed by atoms with E-state index >= 15 is 0 Å². The highest BCUT2D eigenvalue weighted by atomic mass is 32.2. The number of nitrogens with zero attached hydrogens (tertiary/aromatic N) is 2. The third-order valence-electron chi connectivity index (χ3n) is 5.97. The molecule has 1 aliphatic carbocycles. The van der Waals surface area contributed by atoms with Crippen molar-refractivity contribution in [2.75, 3.05) is 17.2 Å². The summed E-state index contributed by atoms with van der Waals surface area (Å²) in [5, 5.41) is 10.3. The normalized spacial score (nSPS) is 14.4. The lowest BCUT2D eigenvalue weighted by Crippen LogP contribution is -2.35. The number of carbonyl (C=O) groups excluding carboxylic acids is 1. The Hall–Kier alpha value is -3.34. The standard InChI is InChI=1S/C21H26N6O4S/c1-12-7-17(32(30,31)11-13-3-2-4-13)19(22)21(29)27(12)10-18(28)24-9-14-5-6-16-15(8-14)20(23)26-25-16/h5-8,13H,2-4,9-11,22H2,1H3,(H,24,28)(H3,23,25,26). The summed E-state index contributed by atoms with van der Waals surface area (Å²) in [6.45, 7) is 1.55. The molecule has 1 saturated carbocycles. The lowest BCUT2D eigenvalue weighted by Gasteiger charge is -2.25. The maximum absolute atomic E-state index is 12.8. The van der Waals surface area contributed by atoms with E-state index in [0.717, 1.165) is 35.7 Å². The third-order valence-corrected chi connectivity index (χ3v) is 7.89. The summed E-state index contributed by atoms with van der Waals surface area (Å²) >= 11 is 0. The third kappa shape index (κ3) is 4.20. The lowest BCUT2D eigenvalue weighted by molar-refractivity contribution is -0.121. The second kappa shape index (κ2) is 8.30. The Balaban J connectivity index is 1.48. The smallest absolute Gasteiger partial charge is 0.275 e. The van der Waals surface area contributed by atoms with Crippen molar-refractivity contribution in [3.8, 4) is 0 Å². The molecule has 0 spiro atoms. The molecule has 0 radical (unpaired) electrons. The molecular formula is C21H26N6O4S. The van der Waals surface area contributed by atoms with E-state index in [9.17, 15) is 18.0 Å². The minimum atomic E-state index is -3.66. The highest BCUT2D eigenvalue weighted by Crippen LogP contribution is 2.30. The van der Waals surface area contributed by atoms with Crippen LogP contribution in [0.1, 0.15) is 30.5 Å². The second-order valence-corrected chi connectivity index (χ2v) is 10.3. The average Bonchev–Trinajstić information content (AvgIpc) is 3.09. The van der Waals surface area contributed by atoms with E-state index < -0.39 is 21.3 Å². The van der Waals surface area contributed by atoms with E-state index in [4.69, 9.17) is 11.5 Å². The molecule has 0 bridgehead atoms. The van der Waals surface area contributed by atoms with Crippen molar-refractivity contribution in [1.29, 1.82) is 0 Å². The fourth-order valence-corrected chi connectivity index (χ4v) is 5.77. The molecule has 2 aromatic heterocycles. The number of nitrogens with two attached hydrogens (primary N) is 2. The molecule has 0 atom stereocenters. The summed E-state index contributed by atoms with van der Waals surface area (Å²) in [6, 6.07) is 6.86. The number of H-pyrrole nitrogens is 1. The monoisotopic (exact) mass is 458 g/mol. The number of anilines is 2. The summed E-state index contributed by atoms with van der Waals surface area (Å²) in [5.74, 6) is 0.0780. The number of nitrogen functional groups attached to an aromatic ring is 2. The molecule has 32 heavy (non-hydrogen) atoms. The number of amides is 1. The van der Waals surface area contributed by atoms with Crippen LogP contribution in [0.4, 0.5) is 11.5 Å². The number of nitrogens with one attached hydrogen (secondary N) is 2. The molecule has 1 amide bonds. The molecule has 0 unspecified atom stereocenters. The van der Waals surface area contributed by atoms with Gasteiger partial charge in [0.25, 0.3) is 5.56 Å². The second-order valence-electron chi connectivity index (χ2n) is 8.30. The van der Waals surface area contributed by atoms with Gasteiger partial charge in [-0.05, 0) is 49.4 Å². The number of aromatic amines is 1. The van der Waals surface area contributed by atoms with E-state index in [-0.39, 0.29) is 35.3 Å². The van der Waals surface area contributed by atoms with Crippen LogP contribution in [-0.4, -0.2) is 34.8 Å². The number of aryl methyl sites for hydroxylation is 1. The molecule has 10 nitrogen and oxygen atoms in total. The molecule has 1 aliphatic rings. The summed E-state index contributed by atoms with van der Waals surface area (Å²) < 4.78 is 26.6. The number of fused-ring (bicyclic) bond motifs is 1. The van der Waals surface area contributed by atoms with E-state index in [0.29, 0.717) is 11.5 Å². The number of hydrogen-bond donors (Lipinski definition) is 4. The van der Waals surface area contributed by atoms with Gasteiger partial charge in [0.05, 0.1) is 16.2 Å². The first kappa shape index (κ1) is 21.9. The summed E-state index contributed by atoms with van der Waals surface area (Å²) in [4.78, 5) is 25.1. The molecule has 170 valence electrons. The number of aromatic nitrogens is 3. The highest BCUT2D eigenvalue weighted by Gasteiger charge is 2.29. The van der Waals surface area contributed by atoms with Crippen LogP contribution in [0.3, 0.4) is 0 Å².